The fourth-order valence-corrected chi connectivity index (χ4v) is 2.20. The highest BCUT2D eigenvalue weighted by atomic mass is 32.3. The van der Waals surface area contributed by atoms with Gasteiger partial charge in [-0.1, -0.05) is 18.2 Å². The van der Waals surface area contributed by atoms with Crippen LogP contribution in [0.1, 0.15) is 10.4 Å². The Balaban J connectivity index is 0.000000413. The van der Waals surface area contributed by atoms with E-state index in [0.717, 1.165) is 7.11 Å². The lowest BCUT2D eigenvalue weighted by atomic mass is 10.2. The standard InChI is InChI=1S/C15H15O2S.CH4O4S/c1-18(2)14-10-8-13(9-11-14)17-15(16)12-6-4-3-5-7-12;1-5-6(2,3)4/h3-11H,1-2H3;1H3,(H,2,3,4)/q+1;/p-1. The van der Waals surface area contributed by atoms with Crippen LogP contribution < -0.4 is 4.74 Å². The van der Waals surface area contributed by atoms with Crippen LogP contribution in [0.25, 0.3) is 0 Å². The molecule has 6 nitrogen and oxygen atoms in total. The van der Waals surface area contributed by atoms with E-state index in [9.17, 15) is 17.8 Å². The summed E-state index contributed by atoms with van der Waals surface area (Å²) in [5.41, 5.74) is 0.562. The van der Waals surface area contributed by atoms with Gasteiger partial charge in [-0.25, -0.2) is 13.2 Å². The lowest BCUT2D eigenvalue weighted by Crippen LogP contribution is -2.08. The number of rotatable bonds is 4. The summed E-state index contributed by atoms with van der Waals surface area (Å²) in [6, 6.07) is 16.7. The first-order chi connectivity index (χ1) is 11.2. The van der Waals surface area contributed by atoms with E-state index >= 15 is 0 Å². The lowest BCUT2D eigenvalue weighted by molar-refractivity contribution is 0.0734. The fourth-order valence-electron chi connectivity index (χ4n) is 1.52. The van der Waals surface area contributed by atoms with Crippen LogP contribution >= 0.6 is 0 Å². The zero-order valence-corrected chi connectivity index (χ0v) is 15.1. The van der Waals surface area contributed by atoms with E-state index in [2.05, 4.69) is 16.7 Å². The highest BCUT2D eigenvalue weighted by Crippen LogP contribution is 2.17. The Hall–Kier alpha value is -1.87. The monoisotopic (exact) mass is 370 g/mol. The molecule has 0 aliphatic heterocycles. The van der Waals surface area contributed by atoms with E-state index in [1.54, 1.807) is 12.1 Å². The summed E-state index contributed by atoms with van der Waals surface area (Å²) < 4.78 is 36.3. The number of esters is 1. The predicted octanol–water partition coefficient (Wildman–Crippen LogP) is 2.24. The lowest BCUT2D eigenvalue weighted by Gasteiger charge is -2.04. The molecule has 0 N–H and O–H groups in total. The smallest absolute Gasteiger partial charge is 0.343 e. The van der Waals surface area contributed by atoms with Gasteiger partial charge in [-0.3, -0.25) is 4.18 Å². The molecule has 0 spiro atoms. The number of carbonyl (C=O) groups is 1. The van der Waals surface area contributed by atoms with Crippen molar-refractivity contribution in [2.75, 3.05) is 19.6 Å². The van der Waals surface area contributed by atoms with Crippen LogP contribution in [-0.4, -0.2) is 38.6 Å². The van der Waals surface area contributed by atoms with Crippen LogP contribution in [0.15, 0.2) is 59.5 Å². The van der Waals surface area contributed by atoms with Crippen LogP contribution in [0.5, 0.6) is 5.75 Å². The first kappa shape index (κ1) is 20.2. The third-order valence-corrected chi connectivity index (χ3v) is 4.34. The van der Waals surface area contributed by atoms with E-state index in [4.69, 9.17) is 4.74 Å². The first-order valence-corrected chi connectivity index (χ1v) is 10.1. The van der Waals surface area contributed by atoms with Gasteiger partial charge in [0, 0.05) is 10.9 Å². The molecule has 0 unspecified atom stereocenters. The third-order valence-electron chi connectivity index (χ3n) is 2.72. The molecule has 8 heteroatoms. The fraction of sp³-hybridized carbons (Fsp3) is 0.188. The normalized spacial score (nSPS) is 10.7. The highest BCUT2D eigenvalue weighted by molar-refractivity contribution is 7.95. The molecule has 130 valence electrons. The Labute approximate surface area is 144 Å². The largest absolute Gasteiger partial charge is 0.726 e. The maximum absolute atomic E-state index is 11.8. The minimum absolute atomic E-state index is 0.224. The predicted molar refractivity (Wildman–Crippen MR) is 92.0 cm³/mol. The minimum atomic E-state index is -4.41. The topological polar surface area (TPSA) is 92.7 Å². The molecule has 2 rings (SSSR count). The molecule has 0 saturated heterocycles. The molecule has 2 aromatic carbocycles. The summed E-state index contributed by atoms with van der Waals surface area (Å²) in [6.45, 7) is 0. The van der Waals surface area contributed by atoms with Gasteiger partial charge in [-0.2, -0.15) is 0 Å². The number of hydrogen-bond donors (Lipinski definition) is 0. The van der Waals surface area contributed by atoms with Crippen molar-refractivity contribution >= 4 is 27.3 Å². The van der Waals surface area contributed by atoms with Gasteiger partial charge in [0.05, 0.1) is 12.7 Å². The van der Waals surface area contributed by atoms with Crippen molar-refractivity contribution in [1.82, 2.24) is 0 Å². The van der Waals surface area contributed by atoms with Gasteiger partial charge in [-0.15, -0.1) is 0 Å². The van der Waals surface area contributed by atoms with Gasteiger partial charge in [-0.05, 0) is 36.4 Å². The molecule has 2 aromatic rings. The molecule has 0 heterocycles. The van der Waals surface area contributed by atoms with Crippen molar-refractivity contribution in [3.63, 3.8) is 0 Å². The third kappa shape index (κ3) is 7.60. The summed E-state index contributed by atoms with van der Waals surface area (Å²) >= 11 is 0. The van der Waals surface area contributed by atoms with Crippen molar-refractivity contribution in [3.8, 4) is 5.75 Å². The second kappa shape index (κ2) is 9.43. The van der Waals surface area contributed by atoms with Gasteiger partial charge in [0.1, 0.15) is 18.3 Å². The molecule has 0 saturated carbocycles. The molecule has 0 aliphatic carbocycles. The van der Waals surface area contributed by atoms with Crippen LogP contribution in [-0.2, 0) is 25.5 Å². The van der Waals surface area contributed by atoms with Crippen molar-refractivity contribution in [2.45, 2.75) is 4.90 Å². The maximum Gasteiger partial charge on any atom is 0.343 e. The zero-order valence-electron chi connectivity index (χ0n) is 13.5. The van der Waals surface area contributed by atoms with E-state index in [0.29, 0.717) is 11.3 Å². The molecular weight excluding hydrogens is 352 g/mol. The van der Waals surface area contributed by atoms with Crippen molar-refractivity contribution in [3.05, 3.63) is 60.2 Å². The Bertz CT molecular complexity index is 740. The van der Waals surface area contributed by atoms with Gasteiger partial charge >= 0.3 is 5.97 Å². The summed E-state index contributed by atoms with van der Waals surface area (Å²) in [5.74, 6) is 0.258. The summed E-state index contributed by atoms with van der Waals surface area (Å²) in [6.07, 6.45) is 4.32. The second-order valence-corrected chi connectivity index (χ2v) is 7.87. The number of ether oxygens (including phenoxy) is 1. The number of carbonyl (C=O) groups excluding carboxylic acids is 1. The summed E-state index contributed by atoms with van der Waals surface area (Å²) in [7, 11) is -3.38. The quantitative estimate of drug-likeness (QED) is 0.269. The van der Waals surface area contributed by atoms with Crippen LogP contribution in [0.3, 0.4) is 0 Å². The molecule has 0 bridgehead atoms. The molecule has 0 atom stereocenters. The van der Waals surface area contributed by atoms with Gasteiger partial charge in [0.2, 0.25) is 10.4 Å². The van der Waals surface area contributed by atoms with E-state index in [1.807, 2.05) is 42.5 Å². The molecule has 0 radical (unpaired) electrons. The summed E-state index contributed by atoms with van der Waals surface area (Å²) in [5, 5.41) is 0. The van der Waals surface area contributed by atoms with Crippen molar-refractivity contribution in [2.24, 2.45) is 0 Å². The highest BCUT2D eigenvalue weighted by Gasteiger charge is 2.10. The second-order valence-electron chi connectivity index (χ2n) is 4.62. The van der Waals surface area contributed by atoms with E-state index in [-0.39, 0.29) is 16.9 Å². The van der Waals surface area contributed by atoms with Gasteiger partial charge in [0.25, 0.3) is 0 Å². The van der Waals surface area contributed by atoms with Crippen molar-refractivity contribution in [1.29, 1.82) is 0 Å². The van der Waals surface area contributed by atoms with Crippen LogP contribution in [0.4, 0.5) is 0 Å². The SMILES string of the molecule is COS(=O)(=O)[O-].C[S+](C)c1ccc(OC(=O)c2ccccc2)cc1. The Morgan fingerprint density at radius 3 is 1.92 bits per heavy atom. The Morgan fingerprint density at radius 1 is 1.00 bits per heavy atom. The Kier molecular flexibility index (Phi) is 7.93. The van der Waals surface area contributed by atoms with Gasteiger partial charge in [0.15, 0.2) is 4.90 Å². The van der Waals surface area contributed by atoms with E-state index in [1.165, 1.54) is 4.90 Å². The molecular formula is C16H18O6S2. The van der Waals surface area contributed by atoms with Crippen LogP contribution in [0, 0.1) is 0 Å². The zero-order chi connectivity index (χ0) is 18.2. The van der Waals surface area contributed by atoms with Crippen molar-refractivity contribution < 1.29 is 26.7 Å². The molecule has 0 fully saturated rings. The molecule has 0 amide bonds. The molecule has 24 heavy (non-hydrogen) atoms. The number of hydrogen-bond acceptors (Lipinski definition) is 6. The molecule has 0 aromatic heterocycles. The summed E-state index contributed by atoms with van der Waals surface area (Å²) in [4.78, 5) is 13.1. The van der Waals surface area contributed by atoms with Gasteiger partial charge < -0.3 is 9.29 Å². The number of benzene rings is 2. The average molecular weight is 370 g/mol. The Morgan fingerprint density at radius 2 is 1.50 bits per heavy atom. The van der Waals surface area contributed by atoms with E-state index < -0.39 is 10.4 Å². The average Bonchev–Trinajstić information content (AvgIpc) is 2.56. The minimum Gasteiger partial charge on any atom is -0.726 e. The molecule has 0 aliphatic rings. The maximum atomic E-state index is 11.8. The van der Waals surface area contributed by atoms with Crippen LogP contribution in [0.2, 0.25) is 0 Å². The first-order valence-electron chi connectivity index (χ1n) is 6.69.